The molecule has 0 bridgehead atoms. The molecule has 0 aromatic carbocycles. The van der Waals surface area contributed by atoms with E-state index < -0.39 is 0 Å². The third-order valence-electron chi connectivity index (χ3n) is 3.43. The molecule has 1 aliphatic heterocycles. The van der Waals surface area contributed by atoms with Crippen molar-refractivity contribution in [2.24, 2.45) is 17.8 Å². The van der Waals surface area contributed by atoms with Gasteiger partial charge in [-0.05, 0) is 39.7 Å². The summed E-state index contributed by atoms with van der Waals surface area (Å²) < 4.78 is 0. The predicted molar refractivity (Wildman–Crippen MR) is 65.2 cm³/mol. The van der Waals surface area contributed by atoms with Crippen LogP contribution in [0.15, 0.2) is 0 Å². The van der Waals surface area contributed by atoms with Crippen LogP contribution in [0.25, 0.3) is 0 Å². The highest BCUT2D eigenvalue weighted by molar-refractivity contribution is 6.08. The maximum atomic E-state index is 11.8. The summed E-state index contributed by atoms with van der Waals surface area (Å²) in [4.78, 5) is 25.0. The Balaban J connectivity index is 1.81. The van der Waals surface area contributed by atoms with Gasteiger partial charge in [-0.25, -0.2) is 0 Å². The van der Waals surface area contributed by atoms with Crippen LogP contribution in [0.4, 0.5) is 0 Å². The van der Waals surface area contributed by atoms with Crippen molar-refractivity contribution >= 4 is 11.8 Å². The zero-order valence-corrected chi connectivity index (χ0v) is 11.1. The molecule has 1 heterocycles. The number of piperidine rings is 1. The molecule has 2 fully saturated rings. The molecular weight excluding hydrogens is 216 g/mol. The highest BCUT2D eigenvalue weighted by Gasteiger charge is 2.58. The Labute approximate surface area is 103 Å². The number of imide groups is 1. The Bertz CT molecular complexity index is 326. The molecule has 17 heavy (non-hydrogen) atoms. The van der Waals surface area contributed by atoms with Crippen LogP contribution in [0.5, 0.6) is 0 Å². The molecule has 0 spiro atoms. The molecule has 1 N–H and O–H groups in total. The van der Waals surface area contributed by atoms with Gasteiger partial charge in [0.05, 0.1) is 11.8 Å². The van der Waals surface area contributed by atoms with Crippen LogP contribution in [0.1, 0.15) is 34.1 Å². The average molecular weight is 238 g/mol. The summed E-state index contributed by atoms with van der Waals surface area (Å²) in [6.07, 6.45) is 0.794. The normalized spacial score (nSPS) is 29.5. The quantitative estimate of drug-likeness (QED) is 0.744. The molecule has 3 unspecified atom stereocenters. The summed E-state index contributed by atoms with van der Waals surface area (Å²) in [5.74, 6) is 0.486. The van der Waals surface area contributed by atoms with E-state index in [-0.39, 0.29) is 29.2 Å². The van der Waals surface area contributed by atoms with Crippen LogP contribution in [-0.4, -0.2) is 35.3 Å². The molecule has 0 radical (unpaired) electrons. The lowest BCUT2D eigenvalue weighted by atomic mass is 10.1. The fourth-order valence-corrected chi connectivity index (χ4v) is 2.29. The lowest BCUT2D eigenvalue weighted by Gasteiger charge is -2.26. The number of fused-ring (bicyclic) bond motifs is 1. The number of rotatable bonds is 4. The largest absolute Gasteiger partial charge is 0.312 e. The van der Waals surface area contributed by atoms with Gasteiger partial charge in [0.1, 0.15) is 0 Å². The van der Waals surface area contributed by atoms with Gasteiger partial charge in [-0.3, -0.25) is 14.5 Å². The van der Waals surface area contributed by atoms with E-state index in [1.54, 1.807) is 0 Å². The number of amides is 2. The van der Waals surface area contributed by atoms with E-state index in [0.717, 1.165) is 13.0 Å². The van der Waals surface area contributed by atoms with Crippen LogP contribution in [0.3, 0.4) is 0 Å². The van der Waals surface area contributed by atoms with Crippen LogP contribution in [-0.2, 0) is 9.59 Å². The minimum absolute atomic E-state index is 0.0327. The molecule has 2 amide bonds. The molecule has 4 nitrogen and oxygen atoms in total. The minimum Gasteiger partial charge on any atom is -0.312 e. The Kier molecular flexibility index (Phi) is 3.02. The lowest BCUT2D eigenvalue weighted by molar-refractivity contribution is -0.141. The van der Waals surface area contributed by atoms with E-state index >= 15 is 0 Å². The first-order chi connectivity index (χ1) is 7.79. The van der Waals surface area contributed by atoms with E-state index in [9.17, 15) is 9.59 Å². The first kappa shape index (κ1) is 12.6. The van der Waals surface area contributed by atoms with Crippen LogP contribution >= 0.6 is 0 Å². The molecule has 3 atom stereocenters. The van der Waals surface area contributed by atoms with E-state index in [1.807, 2.05) is 0 Å². The Morgan fingerprint density at radius 2 is 1.82 bits per heavy atom. The summed E-state index contributed by atoms with van der Waals surface area (Å²) in [5.41, 5.74) is 0.0788. The van der Waals surface area contributed by atoms with Crippen molar-refractivity contribution in [2.75, 3.05) is 13.1 Å². The molecule has 0 aromatic heterocycles. The third kappa shape index (κ3) is 2.68. The number of hydrogen-bond acceptors (Lipinski definition) is 3. The Morgan fingerprint density at radius 1 is 1.29 bits per heavy atom. The maximum absolute atomic E-state index is 11.8. The lowest BCUT2D eigenvalue weighted by Crippen LogP contribution is -2.43. The second-order valence-electron chi connectivity index (χ2n) is 6.47. The van der Waals surface area contributed by atoms with E-state index in [2.05, 4.69) is 33.0 Å². The van der Waals surface area contributed by atoms with Crippen molar-refractivity contribution in [2.45, 2.75) is 39.7 Å². The van der Waals surface area contributed by atoms with Gasteiger partial charge in [0.2, 0.25) is 11.8 Å². The smallest absolute Gasteiger partial charge is 0.233 e. The first-order valence-electron chi connectivity index (χ1n) is 6.40. The van der Waals surface area contributed by atoms with Gasteiger partial charge in [-0.2, -0.15) is 0 Å². The third-order valence-corrected chi connectivity index (χ3v) is 3.43. The monoisotopic (exact) mass is 238 g/mol. The zero-order chi connectivity index (χ0) is 12.8. The van der Waals surface area contributed by atoms with Gasteiger partial charge in [-0.15, -0.1) is 0 Å². The van der Waals surface area contributed by atoms with Gasteiger partial charge in [0.15, 0.2) is 0 Å². The summed E-state index contributed by atoms with van der Waals surface area (Å²) >= 11 is 0. The number of nitrogens with one attached hydrogen (secondary N) is 1. The van der Waals surface area contributed by atoms with Crippen molar-refractivity contribution in [3.8, 4) is 0 Å². The van der Waals surface area contributed by atoms with Crippen LogP contribution < -0.4 is 5.32 Å². The second-order valence-corrected chi connectivity index (χ2v) is 6.47. The van der Waals surface area contributed by atoms with E-state index in [0.29, 0.717) is 12.5 Å². The van der Waals surface area contributed by atoms with Crippen molar-refractivity contribution in [3.05, 3.63) is 0 Å². The van der Waals surface area contributed by atoms with Crippen LogP contribution in [0.2, 0.25) is 0 Å². The Hall–Kier alpha value is -0.900. The summed E-state index contributed by atoms with van der Waals surface area (Å²) in [5, 5.41) is 3.40. The molecule has 2 aliphatic rings. The molecule has 1 saturated heterocycles. The predicted octanol–water partition coefficient (Wildman–Crippen LogP) is 1.02. The maximum Gasteiger partial charge on any atom is 0.233 e. The topological polar surface area (TPSA) is 49.4 Å². The number of nitrogens with zero attached hydrogens (tertiary/aromatic N) is 1. The van der Waals surface area contributed by atoms with Gasteiger partial charge < -0.3 is 5.32 Å². The SMILES string of the molecule is CC(CNC(C)(C)C)CN1C(=O)C2CC2C1=O. The van der Waals surface area contributed by atoms with Gasteiger partial charge in [0, 0.05) is 12.1 Å². The molecule has 1 aliphatic carbocycles. The molecular formula is C13H22N2O2. The zero-order valence-electron chi connectivity index (χ0n) is 11.1. The highest BCUT2D eigenvalue weighted by Crippen LogP contribution is 2.47. The number of likely N-dealkylation sites (tertiary alicyclic amines) is 1. The average Bonchev–Trinajstić information content (AvgIpc) is 2.95. The fourth-order valence-electron chi connectivity index (χ4n) is 2.29. The van der Waals surface area contributed by atoms with E-state index in [4.69, 9.17) is 0 Å². The van der Waals surface area contributed by atoms with E-state index in [1.165, 1.54) is 4.90 Å². The van der Waals surface area contributed by atoms with Gasteiger partial charge in [-0.1, -0.05) is 6.92 Å². The summed E-state index contributed by atoms with van der Waals surface area (Å²) in [6, 6.07) is 0. The van der Waals surface area contributed by atoms with Crippen molar-refractivity contribution in [1.82, 2.24) is 10.2 Å². The van der Waals surface area contributed by atoms with Crippen molar-refractivity contribution in [3.63, 3.8) is 0 Å². The number of hydrogen-bond donors (Lipinski definition) is 1. The minimum atomic E-state index is 0.0327. The first-order valence-corrected chi connectivity index (χ1v) is 6.40. The summed E-state index contributed by atoms with van der Waals surface area (Å²) in [7, 11) is 0. The highest BCUT2D eigenvalue weighted by atomic mass is 16.2. The molecule has 4 heteroatoms. The molecule has 96 valence electrons. The van der Waals surface area contributed by atoms with Crippen LogP contribution in [0, 0.1) is 17.8 Å². The molecule has 0 aromatic rings. The van der Waals surface area contributed by atoms with Gasteiger partial charge >= 0.3 is 0 Å². The van der Waals surface area contributed by atoms with Crippen molar-refractivity contribution in [1.29, 1.82) is 0 Å². The Morgan fingerprint density at radius 3 is 2.29 bits per heavy atom. The standard InChI is InChI=1S/C13H22N2O2/c1-8(6-14-13(2,3)4)7-15-11(16)9-5-10(9)12(15)17/h8-10,14H,5-7H2,1-4H3. The van der Waals surface area contributed by atoms with Crippen molar-refractivity contribution < 1.29 is 9.59 Å². The number of carbonyl (C=O) groups excluding carboxylic acids is 2. The fraction of sp³-hybridized carbons (Fsp3) is 0.846. The second kappa shape index (κ2) is 4.09. The summed E-state index contributed by atoms with van der Waals surface area (Å²) in [6.45, 7) is 9.80. The number of carbonyl (C=O) groups is 2. The molecule has 2 rings (SSSR count). The van der Waals surface area contributed by atoms with Gasteiger partial charge in [0.25, 0.3) is 0 Å². The molecule has 1 saturated carbocycles.